The van der Waals surface area contributed by atoms with Crippen molar-refractivity contribution in [1.82, 2.24) is 14.9 Å². The van der Waals surface area contributed by atoms with Gasteiger partial charge in [0.1, 0.15) is 0 Å². The monoisotopic (exact) mass is 261 g/mol. The van der Waals surface area contributed by atoms with Crippen LogP contribution >= 0.6 is 11.3 Å². The first-order chi connectivity index (χ1) is 8.88. The second-order valence-electron chi connectivity index (χ2n) is 4.99. The molecule has 0 atom stereocenters. The van der Waals surface area contributed by atoms with Crippen LogP contribution in [0.2, 0.25) is 0 Å². The van der Waals surface area contributed by atoms with Crippen molar-refractivity contribution in [2.45, 2.75) is 37.8 Å². The van der Waals surface area contributed by atoms with Crippen LogP contribution in [0.4, 0.5) is 0 Å². The third kappa shape index (κ3) is 2.22. The van der Waals surface area contributed by atoms with Crippen molar-refractivity contribution in [3.63, 3.8) is 0 Å². The van der Waals surface area contributed by atoms with Crippen LogP contribution in [0.15, 0.2) is 29.4 Å². The first-order valence-corrected chi connectivity index (χ1v) is 7.54. The Hall–Kier alpha value is -1.13. The quantitative estimate of drug-likeness (QED) is 0.918. The number of nitrogens with zero attached hydrogens (tertiary/aromatic N) is 2. The maximum atomic E-state index is 4.34. The highest BCUT2D eigenvalue weighted by atomic mass is 32.1. The van der Waals surface area contributed by atoms with E-state index in [2.05, 4.69) is 38.7 Å². The van der Waals surface area contributed by atoms with Gasteiger partial charge >= 0.3 is 0 Å². The van der Waals surface area contributed by atoms with Crippen LogP contribution < -0.4 is 5.32 Å². The normalized spacial score (nSPS) is 24.3. The standard InChI is InChI=1S/C14H19N3S/c1-15-12-2-4-13(5-3-12)17-10-16-8-14(17)11-6-7-18-9-11/h6-10,12-13,15H,2-5H2,1H3. The Morgan fingerprint density at radius 1 is 1.33 bits per heavy atom. The van der Waals surface area contributed by atoms with Gasteiger partial charge in [-0.25, -0.2) is 4.98 Å². The largest absolute Gasteiger partial charge is 0.327 e. The SMILES string of the molecule is CNC1CCC(n2cncc2-c2ccsc2)CC1. The molecule has 3 rings (SSSR count). The zero-order chi connectivity index (χ0) is 12.4. The molecule has 0 unspecified atom stereocenters. The summed E-state index contributed by atoms with van der Waals surface area (Å²) in [5, 5.41) is 7.72. The van der Waals surface area contributed by atoms with Crippen molar-refractivity contribution in [2.75, 3.05) is 7.05 Å². The van der Waals surface area contributed by atoms with Gasteiger partial charge in [-0.15, -0.1) is 0 Å². The van der Waals surface area contributed by atoms with Gasteiger partial charge in [0.2, 0.25) is 0 Å². The van der Waals surface area contributed by atoms with E-state index in [0.717, 1.165) is 0 Å². The number of hydrogen-bond donors (Lipinski definition) is 1. The lowest BCUT2D eigenvalue weighted by molar-refractivity contribution is 0.302. The van der Waals surface area contributed by atoms with Crippen molar-refractivity contribution in [3.05, 3.63) is 29.4 Å². The van der Waals surface area contributed by atoms with Gasteiger partial charge in [0.05, 0.1) is 18.2 Å². The molecule has 1 N–H and O–H groups in total. The molecule has 1 fully saturated rings. The van der Waals surface area contributed by atoms with Gasteiger partial charge in [0.15, 0.2) is 0 Å². The minimum absolute atomic E-state index is 0.618. The van der Waals surface area contributed by atoms with Gasteiger partial charge in [-0.2, -0.15) is 11.3 Å². The summed E-state index contributed by atoms with van der Waals surface area (Å²) in [6, 6.07) is 3.50. The zero-order valence-corrected chi connectivity index (χ0v) is 11.5. The summed E-state index contributed by atoms with van der Waals surface area (Å²) in [6.45, 7) is 0. The molecular formula is C14H19N3S. The van der Waals surface area contributed by atoms with Crippen molar-refractivity contribution >= 4 is 11.3 Å². The van der Waals surface area contributed by atoms with E-state index in [-0.39, 0.29) is 0 Å². The smallest absolute Gasteiger partial charge is 0.0953 e. The highest BCUT2D eigenvalue weighted by Gasteiger charge is 2.22. The number of rotatable bonds is 3. The molecule has 2 heterocycles. The summed E-state index contributed by atoms with van der Waals surface area (Å²) >= 11 is 1.75. The number of nitrogens with one attached hydrogen (secondary N) is 1. The Morgan fingerprint density at radius 3 is 2.83 bits per heavy atom. The predicted octanol–water partition coefficient (Wildman–Crippen LogP) is 3.31. The maximum Gasteiger partial charge on any atom is 0.0953 e. The highest BCUT2D eigenvalue weighted by molar-refractivity contribution is 7.08. The van der Waals surface area contributed by atoms with Crippen molar-refractivity contribution in [3.8, 4) is 11.3 Å². The second-order valence-corrected chi connectivity index (χ2v) is 5.77. The molecule has 1 aliphatic carbocycles. The lowest BCUT2D eigenvalue weighted by Gasteiger charge is -2.30. The summed E-state index contributed by atoms with van der Waals surface area (Å²) in [6.07, 6.45) is 9.02. The van der Waals surface area contributed by atoms with E-state index >= 15 is 0 Å². The van der Waals surface area contributed by atoms with E-state index < -0.39 is 0 Å². The molecule has 0 saturated heterocycles. The van der Waals surface area contributed by atoms with E-state index in [9.17, 15) is 0 Å². The molecule has 0 amide bonds. The molecule has 2 aromatic rings. The van der Waals surface area contributed by atoms with E-state index in [0.29, 0.717) is 12.1 Å². The summed E-state index contributed by atoms with van der Waals surface area (Å²) in [5.74, 6) is 0. The van der Waals surface area contributed by atoms with E-state index in [1.54, 1.807) is 11.3 Å². The second kappa shape index (κ2) is 5.24. The Bertz CT molecular complexity index is 481. The average molecular weight is 261 g/mol. The lowest BCUT2D eigenvalue weighted by Crippen LogP contribution is -2.31. The fourth-order valence-corrected chi connectivity index (χ4v) is 3.52. The fraction of sp³-hybridized carbons (Fsp3) is 0.500. The van der Waals surface area contributed by atoms with Crippen LogP contribution in [0.1, 0.15) is 31.7 Å². The number of hydrogen-bond acceptors (Lipinski definition) is 3. The molecule has 0 aromatic carbocycles. The van der Waals surface area contributed by atoms with Crippen LogP contribution in [0.25, 0.3) is 11.3 Å². The van der Waals surface area contributed by atoms with E-state index in [4.69, 9.17) is 0 Å². The summed E-state index contributed by atoms with van der Waals surface area (Å²) in [4.78, 5) is 4.34. The van der Waals surface area contributed by atoms with Gasteiger partial charge in [-0.1, -0.05) is 0 Å². The Balaban J connectivity index is 1.80. The molecule has 1 saturated carbocycles. The lowest BCUT2D eigenvalue weighted by atomic mass is 9.91. The Kier molecular flexibility index (Phi) is 3.48. The Morgan fingerprint density at radius 2 is 2.17 bits per heavy atom. The number of aromatic nitrogens is 2. The van der Waals surface area contributed by atoms with E-state index in [1.165, 1.54) is 36.9 Å². The third-order valence-corrected chi connectivity index (χ3v) is 4.66. The van der Waals surface area contributed by atoms with Crippen LogP contribution in [0.5, 0.6) is 0 Å². The highest BCUT2D eigenvalue weighted by Crippen LogP contribution is 2.32. The van der Waals surface area contributed by atoms with Crippen LogP contribution in [-0.4, -0.2) is 22.6 Å². The van der Waals surface area contributed by atoms with Gasteiger partial charge < -0.3 is 9.88 Å². The molecule has 1 aliphatic rings. The van der Waals surface area contributed by atoms with Crippen molar-refractivity contribution in [1.29, 1.82) is 0 Å². The fourth-order valence-electron chi connectivity index (χ4n) is 2.87. The van der Waals surface area contributed by atoms with Crippen LogP contribution in [0, 0.1) is 0 Å². The zero-order valence-electron chi connectivity index (χ0n) is 10.7. The molecule has 3 nitrogen and oxygen atoms in total. The first kappa shape index (κ1) is 11.9. The molecule has 2 aromatic heterocycles. The van der Waals surface area contributed by atoms with Crippen molar-refractivity contribution < 1.29 is 0 Å². The van der Waals surface area contributed by atoms with Gasteiger partial charge in [-0.3, -0.25) is 0 Å². The Labute approximate surface area is 112 Å². The van der Waals surface area contributed by atoms with Gasteiger partial charge in [0, 0.05) is 23.0 Å². The molecule has 4 heteroatoms. The predicted molar refractivity (Wildman–Crippen MR) is 75.9 cm³/mol. The molecule has 0 aliphatic heterocycles. The first-order valence-electron chi connectivity index (χ1n) is 6.60. The number of thiophene rings is 1. The van der Waals surface area contributed by atoms with Gasteiger partial charge in [0.25, 0.3) is 0 Å². The van der Waals surface area contributed by atoms with Crippen molar-refractivity contribution in [2.24, 2.45) is 0 Å². The number of imidazole rings is 1. The molecule has 0 radical (unpaired) electrons. The molecule has 0 bridgehead atoms. The average Bonchev–Trinajstić information content (AvgIpc) is 3.09. The summed E-state index contributed by atoms with van der Waals surface area (Å²) in [7, 11) is 2.07. The van der Waals surface area contributed by atoms with Crippen LogP contribution in [-0.2, 0) is 0 Å². The third-order valence-electron chi connectivity index (χ3n) is 3.98. The minimum atomic E-state index is 0.618. The topological polar surface area (TPSA) is 29.9 Å². The van der Waals surface area contributed by atoms with Gasteiger partial charge in [-0.05, 0) is 44.2 Å². The molecule has 0 spiro atoms. The minimum Gasteiger partial charge on any atom is -0.327 e. The van der Waals surface area contributed by atoms with E-state index in [1.807, 2.05) is 12.5 Å². The molecule has 18 heavy (non-hydrogen) atoms. The molecular weight excluding hydrogens is 242 g/mol. The summed E-state index contributed by atoms with van der Waals surface area (Å²) < 4.78 is 2.37. The maximum absolute atomic E-state index is 4.34. The van der Waals surface area contributed by atoms with Crippen LogP contribution in [0.3, 0.4) is 0 Å². The summed E-state index contributed by atoms with van der Waals surface area (Å²) in [5.41, 5.74) is 2.57. The molecule has 96 valence electrons.